The lowest BCUT2D eigenvalue weighted by Gasteiger charge is -2.13. The molecule has 0 aromatic heterocycles. The normalized spacial score (nSPS) is 12.6. The summed E-state index contributed by atoms with van der Waals surface area (Å²) in [6, 6.07) is 5.70. The van der Waals surface area contributed by atoms with Gasteiger partial charge >= 0.3 is 0 Å². The van der Waals surface area contributed by atoms with Gasteiger partial charge in [-0.1, -0.05) is 6.07 Å². The molecule has 0 fully saturated rings. The molecule has 0 radical (unpaired) electrons. The Kier molecular flexibility index (Phi) is 4.38. The van der Waals surface area contributed by atoms with Gasteiger partial charge in [-0.3, -0.25) is 0 Å². The summed E-state index contributed by atoms with van der Waals surface area (Å²) in [5.74, 6) is 0.777. The first-order valence-corrected chi connectivity index (χ1v) is 5.16. The lowest BCUT2D eigenvalue weighted by Crippen LogP contribution is -2.15. The summed E-state index contributed by atoms with van der Waals surface area (Å²) in [7, 11) is 1.62. The first-order valence-electron chi connectivity index (χ1n) is 4.37. The van der Waals surface area contributed by atoms with E-state index in [9.17, 15) is 0 Å². The van der Waals surface area contributed by atoms with E-state index in [0.717, 1.165) is 15.8 Å². The van der Waals surface area contributed by atoms with Crippen molar-refractivity contribution in [2.75, 3.05) is 20.3 Å². The fourth-order valence-corrected chi connectivity index (χ4v) is 1.81. The summed E-state index contributed by atoms with van der Waals surface area (Å²) in [6.45, 7) is 0.505. The van der Waals surface area contributed by atoms with Crippen molar-refractivity contribution in [2.45, 2.75) is 5.92 Å². The highest BCUT2D eigenvalue weighted by Gasteiger charge is 2.10. The molecular formula is C10H14BrNO2. The van der Waals surface area contributed by atoms with Gasteiger partial charge in [-0.25, -0.2) is 0 Å². The molecule has 0 amide bonds. The molecule has 78 valence electrons. The van der Waals surface area contributed by atoms with Crippen molar-refractivity contribution in [3.8, 4) is 5.75 Å². The molecule has 3 N–H and O–H groups in total. The van der Waals surface area contributed by atoms with Gasteiger partial charge in [0, 0.05) is 12.5 Å². The first-order chi connectivity index (χ1) is 6.72. The van der Waals surface area contributed by atoms with Crippen LogP contribution in [0.25, 0.3) is 0 Å². The number of hydrogen-bond acceptors (Lipinski definition) is 3. The Bertz CT molecular complexity index is 300. The summed E-state index contributed by atoms with van der Waals surface area (Å²) in [6.07, 6.45) is 0. The predicted octanol–water partition coefficient (Wildman–Crippen LogP) is 1.49. The molecule has 0 saturated carbocycles. The van der Waals surface area contributed by atoms with Gasteiger partial charge in [0.25, 0.3) is 0 Å². The van der Waals surface area contributed by atoms with Gasteiger partial charge in [0.2, 0.25) is 0 Å². The molecule has 14 heavy (non-hydrogen) atoms. The van der Waals surface area contributed by atoms with E-state index < -0.39 is 0 Å². The monoisotopic (exact) mass is 259 g/mol. The van der Waals surface area contributed by atoms with Gasteiger partial charge in [-0.05, 0) is 33.6 Å². The lowest BCUT2D eigenvalue weighted by molar-refractivity contribution is 0.267. The van der Waals surface area contributed by atoms with Crippen LogP contribution in [-0.4, -0.2) is 25.4 Å². The quantitative estimate of drug-likeness (QED) is 0.862. The van der Waals surface area contributed by atoms with Crippen LogP contribution in [0.3, 0.4) is 0 Å². The van der Waals surface area contributed by atoms with Crippen LogP contribution in [0.4, 0.5) is 0 Å². The Morgan fingerprint density at radius 1 is 1.57 bits per heavy atom. The lowest BCUT2D eigenvalue weighted by atomic mass is 10.0. The van der Waals surface area contributed by atoms with Gasteiger partial charge in [0.1, 0.15) is 5.75 Å². The maximum Gasteiger partial charge on any atom is 0.133 e. The summed E-state index contributed by atoms with van der Waals surface area (Å²) < 4.78 is 5.99. The Labute approximate surface area is 92.0 Å². The molecule has 1 aromatic carbocycles. The maximum atomic E-state index is 9.07. The number of methoxy groups -OCH3 is 1. The Balaban J connectivity index is 2.95. The molecule has 1 unspecified atom stereocenters. The molecule has 0 heterocycles. The second-order valence-corrected chi connectivity index (χ2v) is 3.86. The van der Waals surface area contributed by atoms with Gasteiger partial charge in [-0.2, -0.15) is 0 Å². The second kappa shape index (κ2) is 5.34. The topological polar surface area (TPSA) is 55.5 Å². The van der Waals surface area contributed by atoms with Crippen molar-refractivity contribution in [1.29, 1.82) is 0 Å². The maximum absolute atomic E-state index is 9.07. The fourth-order valence-electron chi connectivity index (χ4n) is 1.25. The van der Waals surface area contributed by atoms with E-state index in [2.05, 4.69) is 15.9 Å². The number of nitrogens with two attached hydrogens (primary N) is 1. The number of aliphatic hydroxyl groups excluding tert-OH is 1. The first kappa shape index (κ1) is 11.5. The minimum absolute atomic E-state index is 0.00259. The fraction of sp³-hybridized carbons (Fsp3) is 0.400. The van der Waals surface area contributed by atoms with Crippen LogP contribution in [0, 0.1) is 0 Å². The van der Waals surface area contributed by atoms with Gasteiger partial charge in [0.05, 0.1) is 18.2 Å². The van der Waals surface area contributed by atoms with E-state index in [1.165, 1.54) is 0 Å². The van der Waals surface area contributed by atoms with E-state index in [4.69, 9.17) is 15.6 Å². The SMILES string of the molecule is COc1ccc(C(CN)CO)cc1Br. The summed E-state index contributed by atoms with van der Waals surface area (Å²) >= 11 is 3.39. The van der Waals surface area contributed by atoms with Crippen LogP contribution in [0.1, 0.15) is 11.5 Å². The zero-order valence-electron chi connectivity index (χ0n) is 8.03. The predicted molar refractivity (Wildman–Crippen MR) is 59.6 cm³/mol. The van der Waals surface area contributed by atoms with E-state index in [-0.39, 0.29) is 12.5 Å². The summed E-state index contributed by atoms with van der Waals surface area (Å²) in [5, 5.41) is 9.07. The van der Waals surface area contributed by atoms with Gasteiger partial charge in [-0.15, -0.1) is 0 Å². The van der Waals surface area contributed by atoms with Gasteiger partial charge in [0.15, 0.2) is 0 Å². The summed E-state index contributed by atoms with van der Waals surface area (Å²) in [4.78, 5) is 0. The van der Waals surface area contributed by atoms with E-state index in [1.54, 1.807) is 7.11 Å². The molecule has 0 aliphatic heterocycles. The highest BCUT2D eigenvalue weighted by atomic mass is 79.9. The molecule has 1 rings (SSSR count). The zero-order chi connectivity index (χ0) is 10.6. The van der Waals surface area contributed by atoms with Crippen LogP contribution in [0.15, 0.2) is 22.7 Å². The van der Waals surface area contributed by atoms with Crippen molar-refractivity contribution < 1.29 is 9.84 Å². The Morgan fingerprint density at radius 2 is 2.29 bits per heavy atom. The minimum Gasteiger partial charge on any atom is -0.496 e. The zero-order valence-corrected chi connectivity index (χ0v) is 9.62. The van der Waals surface area contributed by atoms with Crippen molar-refractivity contribution in [1.82, 2.24) is 0 Å². The molecule has 4 heteroatoms. The molecule has 0 saturated heterocycles. The average molecular weight is 260 g/mol. The molecule has 0 aliphatic rings. The van der Waals surface area contributed by atoms with E-state index in [1.807, 2.05) is 18.2 Å². The molecule has 1 atom stereocenters. The van der Waals surface area contributed by atoms with E-state index in [0.29, 0.717) is 6.54 Å². The highest BCUT2D eigenvalue weighted by molar-refractivity contribution is 9.10. The molecule has 3 nitrogen and oxygen atoms in total. The van der Waals surface area contributed by atoms with Crippen LogP contribution < -0.4 is 10.5 Å². The molecule has 0 aliphatic carbocycles. The smallest absolute Gasteiger partial charge is 0.133 e. The van der Waals surface area contributed by atoms with Crippen molar-refractivity contribution >= 4 is 15.9 Å². The Hall–Kier alpha value is -0.580. The molecular weight excluding hydrogens is 246 g/mol. The van der Waals surface area contributed by atoms with Crippen LogP contribution in [-0.2, 0) is 0 Å². The number of rotatable bonds is 4. The molecule has 1 aromatic rings. The number of hydrogen-bond donors (Lipinski definition) is 2. The number of aliphatic hydroxyl groups is 1. The van der Waals surface area contributed by atoms with Crippen LogP contribution in [0.5, 0.6) is 5.75 Å². The van der Waals surface area contributed by atoms with Gasteiger partial charge < -0.3 is 15.6 Å². The molecule has 0 bridgehead atoms. The van der Waals surface area contributed by atoms with Crippen LogP contribution in [0.2, 0.25) is 0 Å². The average Bonchev–Trinajstić information content (AvgIpc) is 2.20. The standard InChI is InChI=1S/C10H14BrNO2/c1-14-10-3-2-7(4-9(10)11)8(5-12)6-13/h2-4,8,13H,5-6,12H2,1H3. The summed E-state index contributed by atoms with van der Waals surface area (Å²) in [5.41, 5.74) is 6.55. The number of benzene rings is 1. The molecule has 0 spiro atoms. The van der Waals surface area contributed by atoms with Crippen molar-refractivity contribution in [2.24, 2.45) is 5.73 Å². The number of ether oxygens (including phenoxy) is 1. The third-order valence-electron chi connectivity index (χ3n) is 2.15. The van der Waals surface area contributed by atoms with Crippen LogP contribution >= 0.6 is 15.9 Å². The largest absolute Gasteiger partial charge is 0.496 e. The third-order valence-corrected chi connectivity index (χ3v) is 2.77. The number of halogens is 1. The highest BCUT2D eigenvalue weighted by Crippen LogP contribution is 2.28. The third kappa shape index (κ3) is 2.47. The minimum atomic E-state index is -0.00259. The van der Waals surface area contributed by atoms with E-state index >= 15 is 0 Å². The van der Waals surface area contributed by atoms with Crippen molar-refractivity contribution in [3.05, 3.63) is 28.2 Å². The second-order valence-electron chi connectivity index (χ2n) is 3.01. The Morgan fingerprint density at radius 3 is 2.71 bits per heavy atom. The van der Waals surface area contributed by atoms with Crippen molar-refractivity contribution in [3.63, 3.8) is 0 Å².